The molecule has 15 heavy (non-hydrogen) atoms. The molecule has 1 aromatic carbocycles. The topological polar surface area (TPSA) is 35.1 Å². The molecule has 1 aromatic heterocycles. The van der Waals surface area contributed by atoms with Crippen LogP contribution in [0.15, 0.2) is 33.5 Å². The first-order valence-corrected chi connectivity index (χ1v) is 4.92. The summed E-state index contributed by atoms with van der Waals surface area (Å²) in [6.45, 7) is 3.61. The number of oxazole rings is 1. The molecular weight excluding hydrogens is 214 g/mol. The van der Waals surface area contributed by atoms with Gasteiger partial charge in [0.25, 0.3) is 0 Å². The SMILES string of the molecule is Cc1oc(=O)n(-c2ccc(Cl)cc2)c1C. The molecule has 3 nitrogen and oxygen atoms in total. The lowest BCUT2D eigenvalue weighted by Crippen LogP contribution is -2.12. The number of aryl methyl sites for hydroxylation is 1. The van der Waals surface area contributed by atoms with Crippen LogP contribution < -0.4 is 5.76 Å². The highest BCUT2D eigenvalue weighted by atomic mass is 35.5. The number of benzene rings is 1. The van der Waals surface area contributed by atoms with Crippen molar-refractivity contribution in [3.05, 3.63) is 51.3 Å². The van der Waals surface area contributed by atoms with E-state index in [9.17, 15) is 4.79 Å². The van der Waals surface area contributed by atoms with Crippen molar-refractivity contribution in [1.82, 2.24) is 4.57 Å². The third kappa shape index (κ3) is 1.70. The molecule has 0 atom stereocenters. The fourth-order valence-corrected chi connectivity index (χ4v) is 1.56. The van der Waals surface area contributed by atoms with E-state index in [4.69, 9.17) is 16.0 Å². The van der Waals surface area contributed by atoms with Crippen LogP contribution in [0.2, 0.25) is 5.02 Å². The van der Waals surface area contributed by atoms with Crippen LogP contribution in [0.25, 0.3) is 5.69 Å². The van der Waals surface area contributed by atoms with Gasteiger partial charge in [0.2, 0.25) is 0 Å². The molecule has 0 N–H and O–H groups in total. The molecule has 4 heteroatoms. The van der Waals surface area contributed by atoms with Crippen molar-refractivity contribution in [1.29, 1.82) is 0 Å². The van der Waals surface area contributed by atoms with E-state index in [-0.39, 0.29) is 5.76 Å². The maximum absolute atomic E-state index is 11.5. The summed E-state index contributed by atoms with van der Waals surface area (Å²) in [6, 6.07) is 7.05. The van der Waals surface area contributed by atoms with Crippen molar-refractivity contribution < 1.29 is 4.42 Å². The number of rotatable bonds is 1. The lowest BCUT2D eigenvalue weighted by Gasteiger charge is -2.02. The maximum atomic E-state index is 11.5. The monoisotopic (exact) mass is 223 g/mol. The van der Waals surface area contributed by atoms with Gasteiger partial charge in [0.05, 0.1) is 11.4 Å². The first-order valence-electron chi connectivity index (χ1n) is 4.54. The van der Waals surface area contributed by atoms with Crippen LogP contribution in [0, 0.1) is 13.8 Å². The van der Waals surface area contributed by atoms with E-state index in [1.807, 2.05) is 6.92 Å². The minimum absolute atomic E-state index is 0.368. The number of hydrogen-bond donors (Lipinski definition) is 0. The molecule has 0 bridgehead atoms. The molecule has 0 saturated heterocycles. The zero-order valence-corrected chi connectivity index (χ0v) is 9.21. The standard InChI is InChI=1S/C11H10ClNO2/c1-7-8(2)15-11(14)13(7)10-5-3-9(12)4-6-10/h3-6H,1-2H3. The van der Waals surface area contributed by atoms with Crippen molar-refractivity contribution >= 4 is 11.6 Å². The molecule has 0 unspecified atom stereocenters. The largest absolute Gasteiger partial charge is 0.423 e. The maximum Gasteiger partial charge on any atom is 0.423 e. The molecular formula is C11H10ClNO2. The minimum Gasteiger partial charge on any atom is -0.413 e. The molecule has 0 amide bonds. The van der Waals surface area contributed by atoms with E-state index in [2.05, 4.69) is 0 Å². The van der Waals surface area contributed by atoms with Gasteiger partial charge in [-0.15, -0.1) is 0 Å². The van der Waals surface area contributed by atoms with E-state index < -0.39 is 0 Å². The molecule has 2 aromatic rings. The smallest absolute Gasteiger partial charge is 0.413 e. The molecule has 0 aliphatic rings. The Balaban J connectivity index is 2.64. The summed E-state index contributed by atoms with van der Waals surface area (Å²) < 4.78 is 6.52. The first-order chi connectivity index (χ1) is 7.09. The number of nitrogens with zero attached hydrogens (tertiary/aromatic N) is 1. The van der Waals surface area contributed by atoms with Gasteiger partial charge >= 0.3 is 5.76 Å². The van der Waals surface area contributed by atoms with E-state index in [0.29, 0.717) is 10.8 Å². The van der Waals surface area contributed by atoms with E-state index in [0.717, 1.165) is 11.4 Å². The second-order valence-corrected chi connectivity index (χ2v) is 3.76. The molecule has 78 valence electrons. The minimum atomic E-state index is -0.368. The quantitative estimate of drug-likeness (QED) is 0.745. The van der Waals surface area contributed by atoms with E-state index in [1.54, 1.807) is 31.2 Å². The summed E-state index contributed by atoms with van der Waals surface area (Å²) in [5.74, 6) is 0.266. The van der Waals surface area contributed by atoms with Gasteiger partial charge in [0, 0.05) is 5.02 Å². The third-order valence-corrected chi connectivity index (χ3v) is 2.60. The molecule has 1 heterocycles. The van der Waals surface area contributed by atoms with Crippen LogP contribution in [0.3, 0.4) is 0 Å². The lowest BCUT2D eigenvalue weighted by molar-refractivity contribution is 0.479. The van der Waals surface area contributed by atoms with Gasteiger partial charge in [0.15, 0.2) is 0 Å². The highest BCUT2D eigenvalue weighted by molar-refractivity contribution is 6.30. The molecule has 0 saturated carbocycles. The number of halogens is 1. The predicted octanol–water partition coefficient (Wildman–Crippen LogP) is 2.70. The second-order valence-electron chi connectivity index (χ2n) is 3.32. The van der Waals surface area contributed by atoms with Gasteiger partial charge < -0.3 is 4.42 Å². The highest BCUT2D eigenvalue weighted by Crippen LogP contribution is 2.15. The van der Waals surface area contributed by atoms with Crippen LogP contribution in [-0.2, 0) is 0 Å². The number of hydrogen-bond acceptors (Lipinski definition) is 2. The van der Waals surface area contributed by atoms with Crippen molar-refractivity contribution in [2.75, 3.05) is 0 Å². The van der Waals surface area contributed by atoms with Gasteiger partial charge in [0.1, 0.15) is 5.76 Å². The van der Waals surface area contributed by atoms with Gasteiger partial charge in [-0.1, -0.05) is 11.6 Å². The van der Waals surface area contributed by atoms with E-state index in [1.165, 1.54) is 4.57 Å². The van der Waals surface area contributed by atoms with Crippen LogP contribution in [-0.4, -0.2) is 4.57 Å². The summed E-state index contributed by atoms with van der Waals surface area (Å²) in [5.41, 5.74) is 1.57. The highest BCUT2D eigenvalue weighted by Gasteiger charge is 2.10. The Morgan fingerprint density at radius 2 is 1.80 bits per heavy atom. The fraction of sp³-hybridized carbons (Fsp3) is 0.182. The fourth-order valence-electron chi connectivity index (χ4n) is 1.43. The normalized spacial score (nSPS) is 10.6. The molecule has 0 radical (unpaired) electrons. The van der Waals surface area contributed by atoms with Crippen molar-refractivity contribution in [3.8, 4) is 5.69 Å². The Morgan fingerprint density at radius 1 is 1.20 bits per heavy atom. The molecule has 0 spiro atoms. The summed E-state index contributed by atoms with van der Waals surface area (Å²) in [7, 11) is 0. The Kier molecular flexibility index (Phi) is 2.40. The third-order valence-electron chi connectivity index (χ3n) is 2.35. The molecule has 0 aliphatic carbocycles. The Labute approximate surface area is 91.9 Å². The lowest BCUT2D eigenvalue weighted by atomic mass is 10.3. The Hall–Kier alpha value is -1.48. The van der Waals surface area contributed by atoms with Gasteiger partial charge in [-0.05, 0) is 38.1 Å². The van der Waals surface area contributed by atoms with Gasteiger partial charge in [-0.3, -0.25) is 0 Å². The molecule has 2 rings (SSSR count). The van der Waals surface area contributed by atoms with Gasteiger partial charge in [-0.25, -0.2) is 9.36 Å². The van der Waals surface area contributed by atoms with E-state index >= 15 is 0 Å². The average Bonchev–Trinajstić information content (AvgIpc) is 2.44. The Bertz CT molecular complexity index is 537. The zero-order valence-electron chi connectivity index (χ0n) is 8.45. The Morgan fingerprint density at radius 3 is 2.27 bits per heavy atom. The summed E-state index contributed by atoms with van der Waals surface area (Å²) >= 11 is 5.77. The van der Waals surface area contributed by atoms with Crippen LogP contribution in [0.5, 0.6) is 0 Å². The summed E-state index contributed by atoms with van der Waals surface area (Å²) in [6.07, 6.45) is 0. The molecule has 0 aliphatic heterocycles. The number of aromatic nitrogens is 1. The average molecular weight is 224 g/mol. The van der Waals surface area contributed by atoms with Crippen LogP contribution in [0.4, 0.5) is 0 Å². The van der Waals surface area contributed by atoms with Gasteiger partial charge in [-0.2, -0.15) is 0 Å². The van der Waals surface area contributed by atoms with Crippen molar-refractivity contribution in [2.24, 2.45) is 0 Å². The molecule has 0 fully saturated rings. The van der Waals surface area contributed by atoms with Crippen LogP contribution >= 0.6 is 11.6 Å². The van der Waals surface area contributed by atoms with Crippen molar-refractivity contribution in [2.45, 2.75) is 13.8 Å². The summed E-state index contributed by atoms with van der Waals surface area (Å²) in [4.78, 5) is 11.5. The predicted molar refractivity (Wildman–Crippen MR) is 58.8 cm³/mol. The van der Waals surface area contributed by atoms with Crippen molar-refractivity contribution in [3.63, 3.8) is 0 Å². The summed E-state index contributed by atoms with van der Waals surface area (Å²) in [5, 5.41) is 0.643. The van der Waals surface area contributed by atoms with Crippen LogP contribution in [0.1, 0.15) is 11.5 Å². The zero-order chi connectivity index (χ0) is 11.0. The first kappa shape index (κ1) is 10.1. The second kappa shape index (κ2) is 3.59.